The van der Waals surface area contributed by atoms with Crippen LogP contribution in [0.5, 0.6) is 0 Å². The molecule has 18 heavy (non-hydrogen) atoms. The third-order valence-electron chi connectivity index (χ3n) is 3.80. The zero-order chi connectivity index (χ0) is 13.6. The molecule has 0 bridgehead atoms. The molecule has 0 saturated heterocycles. The molecule has 0 N–H and O–H groups in total. The summed E-state index contributed by atoms with van der Waals surface area (Å²) in [5, 5.41) is 0. The molecular weight excluding hydrogens is 270 g/mol. The lowest BCUT2D eigenvalue weighted by molar-refractivity contribution is 0.349. The first-order chi connectivity index (χ1) is 8.61. The molecule has 3 heteroatoms. The molecule has 1 aromatic rings. The highest BCUT2D eigenvalue weighted by Gasteiger charge is 2.32. The molecule has 0 radical (unpaired) electrons. The first-order valence-electron chi connectivity index (χ1n) is 6.49. The first kappa shape index (κ1) is 15.8. The largest absolute Gasteiger partial charge is 0.207 e. The molecule has 0 spiro atoms. The van der Waals surface area contributed by atoms with Crippen molar-refractivity contribution in [3.05, 3.63) is 35.6 Å². The van der Waals surface area contributed by atoms with Gasteiger partial charge in [0.1, 0.15) is 5.82 Å². The van der Waals surface area contributed by atoms with Crippen LogP contribution in [0.15, 0.2) is 24.3 Å². The van der Waals surface area contributed by atoms with Crippen molar-refractivity contribution in [1.29, 1.82) is 0 Å². The second-order valence-corrected chi connectivity index (χ2v) is 5.48. The molecule has 1 aromatic carbocycles. The predicted molar refractivity (Wildman–Crippen MR) is 78.2 cm³/mol. The summed E-state index contributed by atoms with van der Waals surface area (Å²) in [5.41, 5.74) is 0.800. The second kappa shape index (κ2) is 7.35. The molecule has 0 saturated carbocycles. The maximum Gasteiger partial charge on any atom is 0.123 e. The maximum atomic E-state index is 13.0. The van der Waals surface area contributed by atoms with Crippen molar-refractivity contribution in [2.75, 3.05) is 11.8 Å². The quantitative estimate of drug-likeness (QED) is 0.593. The average molecular weight is 291 g/mol. The van der Waals surface area contributed by atoms with Crippen LogP contribution in [0.1, 0.15) is 38.7 Å². The van der Waals surface area contributed by atoms with E-state index < -0.39 is 0 Å². The Bertz CT molecular complexity index is 340. The molecule has 1 rings (SSSR count). The lowest BCUT2D eigenvalue weighted by Crippen LogP contribution is -2.33. The minimum atomic E-state index is -0.243. The third kappa shape index (κ3) is 3.61. The Morgan fingerprint density at radius 3 is 1.94 bits per heavy atom. The van der Waals surface area contributed by atoms with E-state index >= 15 is 0 Å². The van der Waals surface area contributed by atoms with E-state index in [-0.39, 0.29) is 11.2 Å². The maximum absolute atomic E-state index is 13.0. The number of alkyl halides is 2. The smallest absolute Gasteiger partial charge is 0.123 e. The lowest BCUT2D eigenvalue weighted by Gasteiger charge is -2.33. The zero-order valence-electron chi connectivity index (χ0n) is 11.1. The van der Waals surface area contributed by atoms with Gasteiger partial charge in [0.25, 0.3) is 0 Å². The Labute approximate surface area is 119 Å². The van der Waals surface area contributed by atoms with Gasteiger partial charge in [0.05, 0.1) is 0 Å². The number of hydrogen-bond acceptors (Lipinski definition) is 0. The second-order valence-electron chi connectivity index (χ2n) is 4.94. The highest BCUT2D eigenvalue weighted by molar-refractivity contribution is 6.22. The molecule has 0 nitrogen and oxygen atoms in total. The predicted octanol–water partition coefficient (Wildman–Crippen LogP) is 5.37. The van der Waals surface area contributed by atoms with Crippen molar-refractivity contribution < 1.29 is 4.39 Å². The van der Waals surface area contributed by atoms with Gasteiger partial charge in [0.15, 0.2) is 0 Å². The first-order valence-corrected chi connectivity index (χ1v) is 7.56. The van der Waals surface area contributed by atoms with Gasteiger partial charge in [-0.1, -0.05) is 38.8 Å². The Balaban J connectivity index is 3.02. The van der Waals surface area contributed by atoms with E-state index in [0.717, 1.165) is 24.8 Å². The molecule has 0 aliphatic carbocycles. The molecular formula is C15H21Cl2F. The van der Waals surface area contributed by atoms with Gasteiger partial charge in [-0.15, -0.1) is 23.2 Å². The highest BCUT2D eigenvalue weighted by Crippen LogP contribution is 2.36. The van der Waals surface area contributed by atoms with Crippen LogP contribution in [-0.2, 0) is 5.41 Å². The topological polar surface area (TPSA) is 0 Å². The highest BCUT2D eigenvalue weighted by atomic mass is 35.5. The standard InChI is InChI=1S/C15H21Cl2F/c1-3-12(4-2)9-15(10-16,11-17)13-5-7-14(18)8-6-13/h5-8,12H,3-4,9-11H2,1-2H3. The van der Waals surface area contributed by atoms with Crippen LogP contribution in [0.3, 0.4) is 0 Å². The normalized spacial score (nSPS) is 12.1. The van der Waals surface area contributed by atoms with E-state index in [2.05, 4.69) is 13.8 Å². The van der Waals surface area contributed by atoms with E-state index in [1.54, 1.807) is 0 Å². The van der Waals surface area contributed by atoms with Crippen LogP contribution in [0.4, 0.5) is 4.39 Å². The summed E-state index contributed by atoms with van der Waals surface area (Å²) in [6, 6.07) is 6.58. The van der Waals surface area contributed by atoms with Crippen molar-refractivity contribution >= 4 is 23.2 Å². The monoisotopic (exact) mass is 290 g/mol. The average Bonchev–Trinajstić information content (AvgIpc) is 2.42. The molecule has 0 fully saturated rings. The van der Waals surface area contributed by atoms with Crippen LogP contribution in [-0.4, -0.2) is 11.8 Å². The minimum Gasteiger partial charge on any atom is -0.207 e. The molecule has 0 unspecified atom stereocenters. The van der Waals surface area contributed by atoms with E-state index in [4.69, 9.17) is 23.2 Å². The van der Waals surface area contributed by atoms with Gasteiger partial charge in [0, 0.05) is 17.2 Å². The van der Waals surface area contributed by atoms with Crippen LogP contribution < -0.4 is 0 Å². The van der Waals surface area contributed by atoms with E-state index in [0.29, 0.717) is 17.7 Å². The SMILES string of the molecule is CCC(CC)CC(CCl)(CCl)c1ccc(F)cc1. The van der Waals surface area contributed by atoms with Gasteiger partial charge >= 0.3 is 0 Å². The van der Waals surface area contributed by atoms with Gasteiger partial charge in [-0.25, -0.2) is 4.39 Å². The van der Waals surface area contributed by atoms with E-state index in [1.807, 2.05) is 12.1 Å². The fourth-order valence-corrected chi connectivity index (χ4v) is 3.16. The van der Waals surface area contributed by atoms with E-state index in [1.165, 1.54) is 12.1 Å². The van der Waals surface area contributed by atoms with Crippen molar-refractivity contribution in [3.63, 3.8) is 0 Å². The molecule has 0 atom stereocenters. The molecule has 0 aliphatic rings. The fraction of sp³-hybridized carbons (Fsp3) is 0.600. The molecule has 102 valence electrons. The summed E-state index contributed by atoms with van der Waals surface area (Å²) in [6.45, 7) is 4.37. The molecule has 0 aliphatic heterocycles. The van der Waals surface area contributed by atoms with Gasteiger partial charge in [-0.05, 0) is 30.0 Å². The van der Waals surface area contributed by atoms with Crippen molar-refractivity contribution in [1.82, 2.24) is 0 Å². The van der Waals surface area contributed by atoms with Crippen LogP contribution in [0.25, 0.3) is 0 Å². The van der Waals surface area contributed by atoms with Gasteiger partial charge in [-0.3, -0.25) is 0 Å². The van der Waals surface area contributed by atoms with Gasteiger partial charge in [0.2, 0.25) is 0 Å². The summed E-state index contributed by atoms with van der Waals surface area (Å²) < 4.78 is 13.0. The summed E-state index contributed by atoms with van der Waals surface area (Å²) in [7, 11) is 0. The molecule has 0 heterocycles. The summed E-state index contributed by atoms with van der Waals surface area (Å²) in [6.07, 6.45) is 3.19. The Morgan fingerprint density at radius 2 is 1.56 bits per heavy atom. The summed E-state index contributed by atoms with van der Waals surface area (Å²) >= 11 is 12.4. The lowest BCUT2D eigenvalue weighted by atomic mass is 9.75. The minimum absolute atomic E-state index is 0.223. The number of rotatable bonds is 7. The van der Waals surface area contributed by atoms with Crippen LogP contribution >= 0.6 is 23.2 Å². The van der Waals surface area contributed by atoms with E-state index in [9.17, 15) is 4.39 Å². The van der Waals surface area contributed by atoms with Crippen LogP contribution in [0, 0.1) is 11.7 Å². The Kier molecular flexibility index (Phi) is 6.45. The Morgan fingerprint density at radius 1 is 1.06 bits per heavy atom. The van der Waals surface area contributed by atoms with Crippen molar-refractivity contribution in [2.45, 2.75) is 38.5 Å². The van der Waals surface area contributed by atoms with Gasteiger partial charge < -0.3 is 0 Å². The zero-order valence-corrected chi connectivity index (χ0v) is 12.6. The summed E-state index contributed by atoms with van der Waals surface area (Å²) in [5.74, 6) is 1.32. The number of benzene rings is 1. The Hall–Kier alpha value is -0.270. The van der Waals surface area contributed by atoms with Gasteiger partial charge in [-0.2, -0.15) is 0 Å². The number of hydrogen-bond donors (Lipinski definition) is 0. The molecule has 0 amide bonds. The summed E-state index contributed by atoms with van der Waals surface area (Å²) in [4.78, 5) is 0. The number of halogens is 3. The van der Waals surface area contributed by atoms with Crippen LogP contribution in [0.2, 0.25) is 0 Å². The fourth-order valence-electron chi connectivity index (χ4n) is 2.35. The van der Waals surface area contributed by atoms with Crippen molar-refractivity contribution in [2.24, 2.45) is 5.92 Å². The molecule has 0 aromatic heterocycles. The van der Waals surface area contributed by atoms with Crippen molar-refractivity contribution in [3.8, 4) is 0 Å². The third-order valence-corrected chi connectivity index (χ3v) is 4.83.